The maximum absolute atomic E-state index is 12.6. The third-order valence-electron chi connectivity index (χ3n) is 4.31. The number of benzene rings is 1. The molecule has 0 aromatic heterocycles. The second-order valence-electron chi connectivity index (χ2n) is 5.92. The molecule has 4 heteroatoms. The van der Waals surface area contributed by atoms with Crippen LogP contribution in [-0.4, -0.2) is 43.0 Å². The Kier molecular flexibility index (Phi) is 4.03. The van der Waals surface area contributed by atoms with Gasteiger partial charge in [-0.2, -0.15) is 0 Å². The summed E-state index contributed by atoms with van der Waals surface area (Å²) in [4.78, 5) is 16.7. The van der Waals surface area contributed by atoms with Crippen molar-refractivity contribution in [2.24, 2.45) is 5.73 Å². The van der Waals surface area contributed by atoms with E-state index in [0.29, 0.717) is 6.54 Å². The van der Waals surface area contributed by atoms with Crippen LogP contribution < -0.4 is 10.6 Å². The van der Waals surface area contributed by atoms with Crippen LogP contribution in [0.5, 0.6) is 0 Å². The molecular formula is C16H23N3O. The highest BCUT2D eigenvalue weighted by Crippen LogP contribution is 2.26. The van der Waals surface area contributed by atoms with Gasteiger partial charge in [-0.1, -0.05) is 18.2 Å². The lowest BCUT2D eigenvalue weighted by atomic mass is 10.0. The van der Waals surface area contributed by atoms with Gasteiger partial charge in [-0.05, 0) is 43.9 Å². The van der Waals surface area contributed by atoms with Crippen LogP contribution in [0.2, 0.25) is 0 Å². The zero-order chi connectivity index (χ0) is 13.9. The van der Waals surface area contributed by atoms with Gasteiger partial charge in [-0.3, -0.25) is 9.69 Å². The van der Waals surface area contributed by atoms with Gasteiger partial charge in [0.25, 0.3) is 0 Å². The predicted molar refractivity (Wildman–Crippen MR) is 80.8 cm³/mol. The number of piperidine rings is 1. The van der Waals surface area contributed by atoms with E-state index in [1.165, 1.54) is 5.56 Å². The van der Waals surface area contributed by atoms with Gasteiger partial charge in [0.1, 0.15) is 0 Å². The fourth-order valence-corrected chi connectivity index (χ4v) is 3.30. The van der Waals surface area contributed by atoms with E-state index in [4.69, 9.17) is 5.73 Å². The summed E-state index contributed by atoms with van der Waals surface area (Å²) in [6.45, 7) is 3.19. The summed E-state index contributed by atoms with van der Waals surface area (Å²) in [5.74, 6) is 0.214. The van der Waals surface area contributed by atoms with Crippen molar-refractivity contribution in [1.82, 2.24) is 4.90 Å². The van der Waals surface area contributed by atoms with Crippen LogP contribution in [0.25, 0.3) is 0 Å². The summed E-state index contributed by atoms with van der Waals surface area (Å²) in [5, 5.41) is 0. The van der Waals surface area contributed by atoms with Crippen molar-refractivity contribution in [1.29, 1.82) is 0 Å². The molecule has 0 unspecified atom stereocenters. The fraction of sp³-hybridized carbons (Fsp3) is 0.562. The first-order valence-electron chi connectivity index (χ1n) is 7.60. The lowest BCUT2D eigenvalue weighted by molar-refractivity contribution is -0.120. The second kappa shape index (κ2) is 5.94. The molecule has 2 aliphatic rings. The molecule has 2 heterocycles. The van der Waals surface area contributed by atoms with Gasteiger partial charge in [0.15, 0.2) is 0 Å². The molecule has 1 fully saturated rings. The Labute approximate surface area is 120 Å². The largest absolute Gasteiger partial charge is 0.327 e. The Bertz CT molecular complexity index is 488. The number of fused-ring (bicyclic) bond motifs is 1. The summed E-state index contributed by atoms with van der Waals surface area (Å²) in [6, 6.07) is 8.49. The van der Waals surface area contributed by atoms with Crippen molar-refractivity contribution in [3.63, 3.8) is 0 Å². The molecule has 0 saturated carbocycles. The number of aryl methyl sites for hydroxylation is 1. The molecule has 2 aliphatic heterocycles. The Morgan fingerprint density at radius 2 is 2.10 bits per heavy atom. The second-order valence-corrected chi connectivity index (χ2v) is 5.92. The number of para-hydroxylation sites is 1. The van der Waals surface area contributed by atoms with E-state index in [2.05, 4.69) is 23.1 Å². The van der Waals surface area contributed by atoms with E-state index >= 15 is 0 Å². The smallest absolute Gasteiger partial charge is 0.241 e. The topological polar surface area (TPSA) is 49.6 Å². The number of carbonyl (C=O) groups is 1. The van der Waals surface area contributed by atoms with Gasteiger partial charge in [0.2, 0.25) is 5.91 Å². The van der Waals surface area contributed by atoms with E-state index < -0.39 is 0 Å². The molecule has 1 atom stereocenters. The van der Waals surface area contributed by atoms with Crippen molar-refractivity contribution in [3.8, 4) is 0 Å². The van der Waals surface area contributed by atoms with Crippen LogP contribution >= 0.6 is 0 Å². The van der Waals surface area contributed by atoms with E-state index in [0.717, 1.165) is 51.0 Å². The molecule has 4 nitrogen and oxygen atoms in total. The molecule has 3 rings (SSSR count). The van der Waals surface area contributed by atoms with Gasteiger partial charge in [-0.15, -0.1) is 0 Å². The summed E-state index contributed by atoms with van der Waals surface area (Å²) in [6.07, 6.45) is 4.32. The molecule has 0 aliphatic carbocycles. The maximum Gasteiger partial charge on any atom is 0.241 e. The molecule has 1 amide bonds. The van der Waals surface area contributed by atoms with Crippen LogP contribution in [0.1, 0.15) is 24.8 Å². The molecule has 0 bridgehead atoms. The zero-order valence-electron chi connectivity index (χ0n) is 11.9. The number of likely N-dealkylation sites (tertiary alicyclic amines) is 1. The first kappa shape index (κ1) is 13.6. The van der Waals surface area contributed by atoms with Crippen molar-refractivity contribution < 1.29 is 4.79 Å². The average molecular weight is 273 g/mol. The zero-order valence-corrected chi connectivity index (χ0v) is 11.9. The van der Waals surface area contributed by atoms with Crippen molar-refractivity contribution in [3.05, 3.63) is 29.8 Å². The van der Waals surface area contributed by atoms with E-state index in [9.17, 15) is 4.79 Å². The lowest BCUT2D eigenvalue weighted by Crippen LogP contribution is -2.48. The molecule has 0 spiro atoms. The van der Waals surface area contributed by atoms with Crippen LogP contribution in [-0.2, 0) is 11.2 Å². The Balaban J connectivity index is 1.69. The summed E-state index contributed by atoms with van der Waals surface area (Å²) in [7, 11) is 0. The number of amides is 1. The first-order chi connectivity index (χ1) is 9.74. The molecule has 108 valence electrons. The molecule has 1 aromatic carbocycles. The normalized spacial score (nSPS) is 23.4. The van der Waals surface area contributed by atoms with Gasteiger partial charge in [-0.25, -0.2) is 0 Å². The lowest BCUT2D eigenvalue weighted by Gasteiger charge is -2.34. The molecule has 20 heavy (non-hydrogen) atoms. The van der Waals surface area contributed by atoms with Crippen LogP contribution in [0, 0.1) is 0 Å². The minimum atomic E-state index is 0.214. The number of carbonyl (C=O) groups excluding carboxylic acids is 1. The van der Waals surface area contributed by atoms with E-state index in [1.807, 2.05) is 11.0 Å². The summed E-state index contributed by atoms with van der Waals surface area (Å²) >= 11 is 0. The van der Waals surface area contributed by atoms with Crippen molar-refractivity contribution in [2.75, 3.05) is 31.1 Å². The Morgan fingerprint density at radius 1 is 1.25 bits per heavy atom. The number of anilines is 1. The average Bonchev–Trinajstić information content (AvgIpc) is 2.46. The molecular weight excluding hydrogens is 250 g/mol. The highest BCUT2D eigenvalue weighted by atomic mass is 16.2. The summed E-state index contributed by atoms with van der Waals surface area (Å²) < 4.78 is 0. The number of rotatable bonds is 2. The van der Waals surface area contributed by atoms with Gasteiger partial charge < -0.3 is 10.6 Å². The Hall–Kier alpha value is -1.39. The molecule has 1 saturated heterocycles. The Morgan fingerprint density at radius 3 is 2.95 bits per heavy atom. The third kappa shape index (κ3) is 2.86. The third-order valence-corrected chi connectivity index (χ3v) is 4.31. The highest BCUT2D eigenvalue weighted by molar-refractivity contribution is 5.95. The number of hydrogen-bond donors (Lipinski definition) is 1. The first-order valence-corrected chi connectivity index (χ1v) is 7.60. The standard InChI is InChI=1S/C16H23N3O/c17-14-7-4-9-18(11-14)12-16(20)19-10-3-6-13-5-1-2-8-15(13)19/h1-2,5,8,14H,3-4,6-7,9-12,17H2/t14-/m1/s1. The predicted octanol–water partition coefficient (Wildman–Crippen LogP) is 1.39. The van der Waals surface area contributed by atoms with Gasteiger partial charge in [0, 0.05) is 24.8 Å². The summed E-state index contributed by atoms with van der Waals surface area (Å²) in [5.41, 5.74) is 8.39. The van der Waals surface area contributed by atoms with Crippen molar-refractivity contribution in [2.45, 2.75) is 31.7 Å². The molecule has 1 aromatic rings. The highest BCUT2D eigenvalue weighted by Gasteiger charge is 2.25. The van der Waals surface area contributed by atoms with Crippen molar-refractivity contribution >= 4 is 11.6 Å². The number of nitrogens with zero attached hydrogens (tertiary/aromatic N) is 2. The minimum absolute atomic E-state index is 0.214. The number of hydrogen-bond acceptors (Lipinski definition) is 3. The van der Waals surface area contributed by atoms with Gasteiger partial charge in [0.05, 0.1) is 6.54 Å². The SMILES string of the molecule is N[C@@H]1CCCN(CC(=O)N2CCCc3ccccc32)C1. The van der Waals surface area contributed by atoms with Crippen LogP contribution in [0.15, 0.2) is 24.3 Å². The van der Waals surface area contributed by atoms with Gasteiger partial charge >= 0.3 is 0 Å². The van der Waals surface area contributed by atoms with E-state index in [1.54, 1.807) is 0 Å². The minimum Gasteiger partial charge on any atom is -0.327 e. The fourth-order valence-electron chi connectivity index (χ4n) is 3.30. The molecule has 0 radical (unpaired) electrons. The van der Waals surface area contributed by atoms with Crippen LogP contribution in [0.4, 0.5) is 5.69 Å². The maximum atomic E-state index is 12.6. The monoisotopic (exact) mass is 273 g/mol. The molecule has 2 N–H and O–H groups in total. The van der Waals surface area contributed by atoms with Crippen LogP contribution in [0.3, 0.4) is 0 Å². The van der Waals surface area contributed by atoms with E-state index in [-0.39, 0.29) is 11.9 Å². The number of nitrogens with two attached hydrogens (primary N) is 1. The quantitative estimate of drug-likeness (QED) is 0.886.